The zero-order valence-electron chi connectivity index (χ0n) is 12.7. The topological polar surface area (TPSA) is 41.3 Å². The first-order valence-electron chi connectivity index (χ1n) is 7.66. The second kappa shape index (κ2) is 6.31. The molecule has 0 radical (unpaired) electrons. The van der Waals surface area contributed by atoms with Crippen molar-refractivity contribution in [2.75, 3.05) is 25.5 Å². The molecule has 3 rings (SSSR count). The summed E-state index contributed by atoms with van der Waals surface area (Å²) in [4.78, 5) is 6.39. The van der Waals surface area contributed by atoms with E-state index in [2.05, 4.69) is 47.4 Å². The summed E-state index contributed by atoms with van der Waals surface area (Å²) < 4.78 is 5.36. The number of hydrogen-bond acceptors (Lipinski definition) is 4. The van der Waals surface area contributed by atoms with Gasteiger partial charge in [0.1, 0.15) is 0 Å². The molecule has 2 aromatic rings. The number of nitrogens with one attached hydrogen (secondary N) is 1. The Bertz CT molecular complexity index is 559. The Kier molecular flexibility index (Phi) is 4.25. The SMILES string of the molecule is CC(Nc1cccc(-c2cnco2)c1)C1CCN(C)CC1. The average Bonchev–Trinajstić information content (AvgIpc) is 3.02. The van der Waals surface area contributed by atoms with E-state index >= 15 is 0 Å². The third-order valence-corrected chi connectivity index (χ3v) is 4.44. The first-order chi connectivity index (χ1) is 10.2. The molecule has 112 valence electrons. The lowest BCUT2D eigenvalue weighted by Crippen LogP contribution is -2.37. The van der Waals surface area contributed by atoms with Crippen molar-refractivity contribution in [1.82, 2.24) is 9.88 Å². The van der Waals surface area contributed by atoms with Crippen LogP contribution < -0.4 is 5.32 Å². The number of piperidine rings is 1. The van der Waals surface area contributed by atoms with Crippen LogP contribution in [0.2, 0.25) is 0 Å². The summed E-state index contributed by atoms with van der Waals surface area (Å²) in [7, 11) is 2.20. The summed E-state index contributed by atoms with van der Waals surface area (Å²) >= 11 is 0. The largest absolute Gasteiger partial charge is 0.444 e. The molecular formula is C17H23N3O. The normalized spacial score (nSPS) is 18.6. The van der Waals surface area contributed by atoms with E-state index in [1.165, 1.54) is 32.3 Å². The fourth-order valence-corrected chi connectivity index (χ4v) is 3.03. The van der Waals surface area contributed by atoms with Crippen LogP contribution in [0.1, 0.15) is 19.8 Å². The van der Waals surface area contributed by atoms with Crippen LogP contribution in [0.15, 0.2) is 41.3 Å². The van der Waals surface area contributed by atoms with Gasteiger partial charge in [-0.15, -0.1) is 0 Å². The van der Waals surface area contributed by atoms with Crippen molar-refractivity contribution in [3.63, 3.8) is 0 Å². The number of nitrogens with zero attached hydrogens (tertiary/aromatic N) is 2. The van der Waals surface area contributed by atoms with Gasteiger partial charge in [-0.1, -0.05) is 12.1 Å². The smallest absolute Gasteiger partial charge is 0.181 e. The maximum atomic E-state index is 5.36. The fourth-order valence-electron chi connectivity index (χ4n) is 3.03. The lowest BCUT2D eigenvalue weighted by molar-refractivity contribution is 0.208. The minimum atomic E-state index is 0.490. The highest BCUT2D eigenvalue weighted by Crippen LogP contribution is 2.25. The molecule has 1 N–H and O–H groups in total. The Morgan fingerprint density at radius 2 is 2.14 bits per heavy atom. The molecule has 4 nitrogen and oxygen atoms in total. The first-order valence-corrected chi connectivity index (χ1v) is 7.66. The van der Waals surface area contributed by atoms with Gasteiger partial charge in [0.2, 0.25) is 0 Å². The van der Waals surface area contributed by atoms with Crippen molar-refractivity contribution in [2.24, 2.45) is 5.92 Å². The molecule has 1 aliphatic rings. The van der Waals surface area contributed by atoms with Crippen LogP contribution in [0.4, 0.5) is 5.69 Å². The predicted molar refractivity (Wildman–Crippen MR) is 85.2 cm³/mol. The summed E-state index contributed by atoms with van der Waals surface area (Å²) in [5.74, 6) is 1.56. The van der Waals surface area contributed by atoms with Gasteiger partial charge in [-0.05, 0) is 58.0 Å². The number of hydrogen-bond donors (Lipinski definition) is 1. The third kappa shape index (κ3) is 3.45. The van der Waals surface area contributed by atoms with Gasteiger partial charge >= 0.3 is 0 Å². The lowest BCUT2D eigenvalue weighted by Gasteiger charge is -2.33. The Hall–Kier alpha value is -1.81. The van der Waals surface area contributed by atoms with E-state index in [9.17, 15) is 0 Å². The van der Waals surface area contributed by atoms with Gasteiger partial charge in [0.05, 0.1) is 6.20 Å². The number of oxazole rings is 1. The zero-order chi connectivity index (χ0) is 14.7. The van der Waals surface area contributed by atoms with Gasteiger partial charge in [0.15, 0.2) is 12.2 Å². The standard InChI is InChI=1S/C17H23N3O/c1-13(14-6-8-20(2)9-7-14)19-16-5-3-4-15(10-16)17-11-18-12-21-17/h3-5,10-14,19H,6-9H2,1-2H3. The van der Waals surface area contributed by atoms with Crippen molar-refractivity contribution in [1.29, 1.82) is 0 Å². The van der Waals surface area contributed by atoms with Crippen LogP contribution in [0.5, 0.6) is 0 Å². The molecule has 0 aliphatic carbocycles. The second-order valence-electron chi connectivity index (χ2n) is 6.02. The van der Waals surface area contributed by atoms with Crippen LogP contribution >= 0.6 is 0 Å². The molecule has 1 aromatic heterocycles. The van der Waals surface area contributed by atoms with Gasteiger partial charge in [0, 0.05) is 17.3 Å². The maximum Gasteiger partial charge on any atom is 0.181 e. The van der Waals surface area contributed by atoms with Gasteiger partial charge in [-0.3, -0.25) is 0 Å². The highest BCUT2D eigenvalue weighted by Gasteiger charge is 2.22. The summed E-state index contributed by atoms with van der Waals surface area (Å²) in [6, 6.07) is 8.84. The molecule has 2 heterocycles. The van der Waals surface area contributed by atoms with Gasteiger partial charge in [-0.25, -0.2) is 4.98 Å². The first kappa shape index (κ1) is 14.1. The molecule has 1 saturated heterocycles. The molecule has 0 bridgehead atoms. The number of anilines is 1. The fraction of sp³-hybridized carbons (Fsp3) is 0.471. The number of aromatic nitrogens is 1. The molecule has 0 saturated carbocycles. The molecule has 1 aromatic carbocycles. The van der Waals surface area contributed by atoms with Crippen LogP contribution in [0, 0.1) is 5.92 Å². The van der Waals surface area contributed by atoms with Gasteiger partial charge in [0.25, 0.3) is 0 Å². The van der Waals surface area contributed by atoms with Crippen molar-refractivity contribution < 1.29 is 4.42 Å². The maximum absolute atomic E-state index is 5.36. The molecular weight excluding hydrogens is 262 g/mol. The second-order valence-corrected chi connectivity index (χ2v) is 6.02. The molecule has 0 spiro atoms. The molecule has 1 unspecified atom stereocenters. The van der Waals surface area contributed by atoms with E-state index in [-0.39, 0.29) is 0 Å². The Morgan fingerprint density at radius 1 is 1.33 bits per heavy atom. The summed E-state index contributed by atoms with van der Waals surface area (Å²) in [6.45, 7) is 4.70. The minimum absolute atomic E-state index is 0.490. The minimum Gasteiger partial charge on any atom is -0.444 e. The summed E-state index contributed by atoms with van der Waals surface area (Å²) in [5, 5.41) is 3.65. The predicted octanol–water partition coefficient (Wildman–Crippen LogP) is 3.48. The van der Waals surface area contributed by atoms with Gasteiger partial charge < -0.3 is 14.6 Å². The Balaban J connectivity index is 1.66. The third-order valence-electron chi connectivity index (χ3n) is 4.44. The Labute approximate surface area is 126 Å². The van der Waals surface area contributed by atoms with Crippen LogP contribution in [-0.4, -0.2) is 36.1 Å². The molecule has 1 fully saturated rings. The van der Waals surface area contributed by atoms with E-state index in [1.807, 2.05) is 6.07 Å². The van der Waals surface area contributed by atoms with Crippen LogP contribution in [0.25, 0.3) is 11.3 Å². The zero-order valence-corrected chi connectivity index (χ0v) is 12.7. The monoisotopic (exact) mass is 285 g/mol. The molecule has 4 heteroatoms. The van der Waals surface area contributed by atoms with E-state index < -0.39 is 0 Å². The van der Waals surface area contributed by atoms with E-state index in [0.717, 1.165) is 22.9 Å². The number of benzene rings is 1. The molecule has 1 aliphatic heterocycles. The highest BCUT2D eigenvalue weighted by molar-refractivity contribution is 5.63. The van der Waals surface area contributed by atoms with Crippen molar-refractivity contribution in [2.45, 2.75) is 25.8 Å². The van der Waals surface area contributed by atoms with Crippen molar-refractivity contribution >= 4 is 5.69 Å². The van der Waals surface area contributed by atoms with E-state index in [4.69, 9.17) is 4.42 Å². The summed E-state index contributed by atoms with van der Waals surface area (Å²) in [6.07, 6.45) is 5.76. The van der Waals surface area contributed by atoms with E-state index in [1.54, 1.807) is 6.20 Å². The molecule has 1 atom stereocenters. The summed E-state index contributed by atoms with van der Waals surface area (Å²) in [5.41, 5.74) is 2.21. The lowest BCUT2D eigenvalue weighted by atomic mass is 9.90. The van der Waals surface area contributed by atoms with E-state index in [0.29, 0.717) is 6.04 Å². The number of likely N-dealkylation sites (tertiary alicyclic amines) is 1. The Morgan fingerprint density at radius 3 is 2.86 bits per heavy atom. The molecule has 21 heavy (non-hydrogen) atoms. The molecule has 0 amide bonds. The van der Waals surface area contributed by atoms with Crippen LogP contribution in [0.3, 0.4) is 0 Å². The average molecular weight is 285 g/mol. The quantitative estimate of drug-likeness (QED) is 0.933. The van der Waals surface area contributed by atoms with Crippen molar-refractivity contribution in [3.8, 4) is 11.3 Å². The van der Waals surface area contributed by atoms with Crippen molar-refractivity contribution in [3.05, 3.63) is 36.9 Å². The van der Waals surface area contributed by atoms with Gasteiger partial charge in [-0.2, -0.15) is 0 Å². The highest BCUT2D eigenvalue weighted by atomic mass is 16.3. The van der Waals surface area contributed by atoms with Crippen LogP contribution in [-0.2, 0) is 0 Å². The number of rotatable bonds is 4.